The monoisotopic (exact) mass is 312 g/mol. The summed E-state index contributed by atoms with van der Waals surface area (Å²) in [4.78, 5) is 8.90. The van der Waals surface area contributed by atoms with Crippen molar-refractivity contribution in [2.45, 2.75) is 6.61 Å². The van der Waals surface area contributed by atoms with E-state index in [-0.39, 0.29) is 5.75 Å². The van der Waals surface area contributed by atoms with E-state index < -0.39 is 6.61 Å². The molecule has 3 nitrogen and oxygen atoms in total. The number of thiophene rings is 1. The second-order valence-corrected chi connectivity index (χ2v) is 5.31. The maximum atomic E-state index is 12.2. The summed E-state index contributed by atoms with van der Waals surface area (Å²) in [6.45, 7) is -2.84. The predicted molar refractivity (Wildman–Crippen MR) is 74.5 cm³/mol. The Balaban J connectivity index is 2.04. The highest BCUT2D eigenvalue weighted by Gasteiger charge is 2.10. The van der Waals surface area contributed by atoms with Gasteiger partial charge in [0.05, 0.1) is 10.2 Å². The van der Waals surface area contributed by atoms with E-state index in [0.717, 1.165) is 20.7 Å². The van der Waals surface area contributed by atoms with Crippen LogP contribution in [0.4, 0.5) is 8.78 Å². The van der Waals surface area contributed by atoms with Gasteiger partial charge in [0.2, 0.25) is 0 Å². The van der Waals surface area contributed by atoms with E-state index in [1.54, 1.807) is 12.1 Å². The molecule has 3 aromatic rings. The summed E-state index contributed by atoms with van der Waals surface area (Å²) in [6.07, 6.45) is 1.39. The van der Waals surface area contributed by atoms with Crippen LogP contribution in [0.25, 0.3) is 20.7 Å². The van der Waals surface area contributed by atoms with Crippen molar-refractivity contribution in [1.29, 1.82) is 0 Å². The molecule has 20 heavy (non-hydrogen) atoms. The van der Waals surface area contributed by atoms with Crippen LogP contribution in [0.5, 0.6) is 5.75 Å². The molecule has 0 aliphatic rings. The van der Waals surface area contributed by atoms with E-state index >= 15 is 0 Å². The number of benzene rings is 1. The van der Waals surface area contributed by atoms with E-state index in [0.29, 0.717) is 5.15 Å². The molecule has 0 atom stereocenters. The molecule has 0 bridgehead atoms. The van der Waals surface area contributed by atoms with E-state index in [2.05, 4.69) is 14.7 Å². The van der Waals surface area contributed by atoms with Crippen LogP contribution in [0.2, 0.25) is 5.15 Å². The van der Waals surface area contributed by atoms with E-state index in [9.17, 15) is 8.78 Å². The molecule has 0 aliphatic carbocycles. The summed E-state index contributed by atoms with van der Waals surface area (Å²) < 4.78 is 29.6. The molecule has 1 aromatic carbocycles. The van der Waals surface area contributed by atoms with Crippen molar-refractivity contribution >= 4 is 33.2 Å². The molecule has 0 unspecified atom stereocenters. The lowest BCUT2D eigenvalue weighted by atomic mass is 10.2. The zero-order chi connectivity index (χ0) is 14.1. The number of halogens is 3. The highest BCUT2D eigenvalue weighted by atomic mass is 35.5. The third-order valence-electron chi connectivity index (χ3n) is 2.61. The summed E-state index contributed by atoms with van der Waals surface area (Å²) >= 11 is 7.40. The number of fused-ring (bicyclic) bond motifs is 1. The maximum absolute atomic E-state index is 12.2. The number of hydrogen-bond acceptors (Lipinski definition) is 4. The van der Waals surface area contributed by atoms with Crippen molar-refractivity contribution in [2.75, 3.05) is 0 Å². The van der Waals surface area contributed by atoms with Crippen LogP contribution in [-0.2, 0) is 0 Å². The molecular formula is C13H7ClF2N2OS. The lowest BCUT2D eigenvalue weighted by molar-refractivity contribution is -0.0498. The van der Waals surface area contributed by atoms with Crippen LogP contribution in [0, 0.1) is 0 Å². The van der Waals surface area contributed by atoms with Gasteiger partial charge in [-0.2, -0.15) is 8.78 Å². The van der Waals surface area contributed by atoms with Gasteiger partial charge < -0.3 is 4.74 Å². The average Bonchev–Trinajstić information content (AvgIpc) is 2.84. The SMILES string of the molecule is FC(F)Oc1cccc(-c2cc3ncnc(Cl)c3s2)c1. The second kappa shape index (κ2) is 5.30. The van der Waals surface area contributed by atoms with E-state index in [1.807, 2.05) is 12.1 Å². The van der Waals surface area contributed by atoms with Crippen LogP contribution >= 0.6 is 22.9 Å². The fourth-order valence-electron chi connectivity index (χ4n) is 1.79. The third kappa shape index (κ3) is 2.57. The van der Waals surface area contributed by atoms with Gasteiger partial charge in [0.15, 0.2) is 0 Å². The van der Waals surface area contributed by atoms with Gasteiger partial charge in [0.25, 0.3) is 0 Å². The van der Waals surface area contributed by atoms with E-state index in [1.165, 1.54) is 23.7 Å². The van der Waals surface area contributed by atoms with Crippen LogP contribution in [-0.4, -0.2) is 16.6 Å². The number of rotatable bonds is 3. The van der Waals surface area contributed by atoms with Gasteiger partial charge in [-0.05, 0) is 23.8 Å². The zero-order valence-electron chi connectivity index (χ0n) is 9.89. The first kappa shape index (κ1) is 13.2. The van der Waals surface area contributed by atoms with Gasteiger partial charge in [0, 0.05) is 4.88 Å². The fraction of sp³-hybridized carbons (Fsp3) is 0.0769. The highest BCUT2D eigenvalue weighted by molar-refractivity contribution is 7.22. The van der Waals surface area contributed by atoms with Crippen LogP contribution < -0.4 is 4.74 Å². The average molecular weight is 313 g/mol. The molecule has 0 saturated heterocycles. The van der Waals surface area contributed by atoms with Crippen molar-refractivity contribution in [3.8, 4) is 16.2 Å². The smallest absolute Gasteiger partial charge is 0.387 e. The van der Waals surface area contributed by atoms with Gasteiger partial charge in [-0.1, -0.05) is 23.7 Å². The molecule has 3 rings (SSSR count). The standard InChI is InChI=1S/C13H7ClF2N2OS/c14-12-11-9(17-6-18-12)5-10(20-11)7-2-1-3-8(4-7)19-13(15)16/h1-6,13H. The summed E-state index contributed by atoms with van der Waals surface area (Å²) in [7, 11) is 0. The largest absolute Gasteiger partial charge is 0.435 e. The Morgan fingerprint density at radius 3 is 2.80 bits per heavy atom. The minimum atomic E-state index is -2.84. The Labute approximate surface area is 121 Å². The molecule has 2 aromatic heterocycles. The van der Waals surface area contributed by atoms with Gasteiger partial charge in [0.1, 0.15) is 17.2 Å². The minimum absolute atomic E-state index is 0.118. The Hall–Kier alpha value is -1.79. The normalized spacial score (nSPS) is 11.2. The molecule has 0 amide bonds. The highest BCUT2D eigenvalue weighted by Crippen LogP contribution is 2.36. The van der Waals surface area contributed by atoms with Crippen LogP contribution in [0.1, 0.15) is 0 Å². The molecular weight excluding hydrogens is 306 g/mol. The minimum Gasteiger partial charge on any atom is -0.435 e. The number of ether oxygens (including phenoxy) is 1. The zero-order valence-corrected chi connectivity index (χ0v) is 11.5. The Morgan fingerprint density at radius 2 is 2.05 bits per heavy atom. The van der Waals surface area contributed by atoms with Crippen LogP contribution in [0.3, 0.4) is 0 Å². The molecule has 102 valence electrons. The first-order chi connectivity index (χ1) is 9.63. The van der Waals surface area contributed by atoms with Crippen molar-refractivity contribution in [2.24, 2.45) is 0 Å². The molecule has 2 heterocycles. The number of hydrogen-bond donors (Lipinski definition) is 0. The Kier molecular flexibility index (Phi) is 3.50. The van der Waals surface area contributed by atoms with Crippen molar-refractivity contribution < 1.29 is 13.5 Å². The number of nitrogens with zero attached hydrogens (tertiary/aromatic N) is 2. The van der Waals surface area contributed by atoms with E-state index in [4.69, 9.17) is 11.6 Å². The lowest BCUT2D eigenvalue weighted by Gasteiger charge is -2.05. The quantitative estimate of drug-likeness (QED) is 0.662. The van der Waals surface area contributed by atoms with Crippen molar-refractivity contribution in [3.05, 3.63) is 41.8 Å². The first-order valence-electron chi connectivity index (χ1n) is 5.59. The predicted octanol–water partition coefficient (Wildman–Crippen LogP) is 4.61. The van der Waals surface area contributed by atoms with Gasteiger partial charge >= 0.3 is 6.61 Å². The maximum Gasteiger partial charge on any atom is 0.387 e. The Morgan fingerprint density at radius 1 is 1.20 bits per heavy atom. The molecule has 0 N–H and O–H groups in total. The molecule has 0 radical (unpaired) electrons. The summed E-state index contributed by atoms with van der Waals surface area (Å²) in [5.74, 6) is 0.118. The summed E-state index contributed by atoms with van der Waals surface area (Å²) in [5, 5.41) is 0.381. The van der Waals surface area contributed by atoms with Crippen LogP contribution in [0.15, 0.2) is 36.7 Å². The lowest BCUT2D eigenvalue weighted by Crippen LogP contribution is -2.01. The molecule has 0 fully saturated rings. The molecule has 0 spiro atoms. The molecule has 7 heteroatoms. The van der Waals surface area contributed by atoms with Crippen molar-refractivity contribution in [3.63, 3.8) is 0 Å². The second-order valence-electron chi connectivity index (χ2n) is 3.90. The number of alkyl halides is 2. The number of aromatic nitrogens is 2. The van der Waals surface area contributed by atoms with Gasteiger partial charge in [-0.25, -0.2) is 9.97 Å². The third-order valence-corrected chi connectivity index (χ3v) is 4.19. The van der Waals surface area contributed by atoms with Gasteiger partial charge in [-0.3, -0.25) is 0 Å². The summed E-state index contributed by atoms with van der Waals surface area (Å²) in [6, 6.07) is 8.35. The van der Waals surface area contributed by atoms with Gasteiger partial charge in [-0.15, -0.1) is 11.3 Å². The first-order valence-corrected chi connectivity index (χ1v) is 6.78. The topological polar surface area (TPSA) is 35.0 Å². The van der Waals surface area contributed by atoms with Crippen molar-refractivity contribution in [1.82, 2.24) is 9.97 Å². The Bertz CT molecular complexity index is 763. The summed E-state index contributed by atoms with van der Waals surface area (Å²) in [5.41, 5.74) is 1.49. The molecule has 0 saturated carbocycles. The fourth-order valence-corrected chi connectivity index (χ4v) is 3.04. The molecule has 0 aliphatic heterocycles.